The van der Waals surface area contributed by atoms with Crippen LogP contribution in [0.2, 0.25) is 10.0 Å². The fraction of sp³-hybridized carbons (Fsp3) is 0.438. The molecule has 1 aliphatic rings. The Labute approximate surface area is 130 Å². The summed E-state index contributed by atoms with van der Waals surface area (Å²) >= 11 is 12.0. The molecule has 0 heterocycles. The second-order valence-corrected chi connectivity index (χ2v) is 6.96. The molecule has 1 fully saturated rings. The van der Waals surface area contributed by atoms with E-state index in [4.69, 9.17) is 23.2 Å². The van der Waals surface area contributed by atoms with Crippen LogP contribution in [0.5, 0.6) is 0 Å². The van der Waals surface area contributed by atoms with Gasteiger partial charge < -0.3 is 5.32 Å². The van der Waals surface area contributed by atoms with E-state index in [9.17, 15) is 4.79 Å². The number of benzene rings is 1. The van der Waals surface area contributed by atoms with Crippen LogP contribution in [0.1, 0.15) is 38.7 Å². The molecule has 0 aromatic heterocycles. The van der Waals surface area contributed by atoms with E-state index >= 15 is 0 Å². The van der Waals surface area contributed by atoms with Crippen molar-refractivity contribution in [2.45, 2.75) is 39.2 Å². The number of hydrogen-bond donors (Lipinski definition) is 1. The quantitative estimate of drug-likeness (QED) is 0.805. The number of nitrogens with one attached hydrogen (secondary N) is 1. The Balaban J connectivity index is 1.94. The highest BCUT2D eigenvalue weighted by molar-refractivity contribution is 6.34. The van der Waals surface area contributed by atoms with Gasteiger partial charge in [0.05, 0.1) is 0 Å². The minimum Gasteiger partial charge on any atom is -0.350 e. The van der Waals surface area contributed by atoms with Crippen LogP contribution in [0, 0.1) is 5.41 Å². The highest BCUT2D eigenvalue weighted by Gasteiger charge is 2.31. The fourth-order valence-corrected chi connectivity index (χ4v) is 2.98. The van der Waals surface area contributed by atoms with Crippen molar-refractivity contribution in [1.29, 1.82) is 0 Å². The summed E-state index contributed by atoms with van der Waals surface area (Å²) < 4.78 is 0. The first-order chi connectivity index (χ1) is 9.35. The number of carbonyl (C=O) groups excluding carboxylic acids is 1. The Hall–Kier alpha value is -0.990. The highest BCUT2D eigenvalue weighted by atomic mass is 35.5. The van der Waals surface area contributed by atoms with E-state index in [1.165, 1.54) is 6.08 Å². The van der Waals surface area contributed by atoms with Gasteiger partial charge in [0, 0.05) is 22.2 Å². The van der Waals surface area contributed by atoms with Gasteiger partial charge in [0.2, 0.25) is 5.91 Å². The first-order valence-electron chi connectivity index (χ1n) is 6.79. The van der Waals surface area contributed by atoms with E-state index in [1.54, 1.807) is 24.3 Å². The Kier molecular flexibility index (Phi) is 4.77. The molecule has 1 aliphatic carbocycles. The van der Waals surface area contributed by atoms with E-state index < -0.39 is 0 Å². The molecule has 1 aromatic rings. The summed E-state index contributed by atoms with van der Waals surface area (Å²) in [6, 6.07) is 5.46. The van der Waals surface area contributed by atoms with Gasteiger partial charge in [-0.05, 0) is 54.5 Å². The maximum atomic E-state index is 11.9. The van der Waals surface area contributed by atoms with Crippen molar-refractivity contribution in [3.63, 3.8) is 0 Å². The molecule has 1 amide bonds. The average Bonchev–Trinajstić information content (AvgIpc) is 2.70. The van der Waals surface area contributed by atoms with Crippen LogP contribution in [0.4, 0.5) is 0 Å². The first kappa shape index (κ1) is 15.4. The number of halogens is 2. The van der Waals surface area contributed by atoms with Crippen LogP contribution in [0.15, 0.2) is 24.3 Å². The molecule has 4 heteroatoms. The lowest BCUT2D eigenvalue weighted by molar-refractivity contribution is -0.117. The molecule has 0 bridgehead atoms. The molecule has 0 spiro atoms. The third-order valence-electron chi connectivity index (χ3n) is 3.69. The predicted molar refractivity (Wildman–Crippen MR) is 85.1 cm³/mol. The van der Waals surface area contributed by atoms with Crippen molar-refractivity contribution in [3.05, 3.63) is 39.9 Å². The third-order valence-corrected chi connectivity index (χ3v) is 4.27. The molecule has 2 nitrogen and oxygen atoms in total. The van der Waals surface area contributed by atoms with Gasteiger partial charge in [0.1, 0.15) is 0 Å². The molecular formula is C16H19Cl2NO. The molecule has 1 unspecified atom stereocenters. The maximum Gasteiger partial charge on any atom is 0.244 e. The normalized spacial score (nSPS) is 21.3. The smallest absolute Gasteiger partial charge is 0.244 e. The summed E-state index contributed by atoms with van der Waals surface area (Å²) in [5, 5.41) is 4.22. The van der Waals surface area contributed by atoms with Crippen LogP contribution < -0.4 is 5.32 Å². The molecule has 0 saturated heterocycles. The molecule has 0 aliphatic heterocycles. The Morgan fingerprint density at radius 3 is 2.80 bits per heavy atom. The van der Waals surface area contributed by atoms with Crippen molar-refractivity contribution >= 4 is 35.2 Å². The van der Waals surface area contributed by atoms with Gasteiger partial charge in [-0.1, -0.05) is 37.0 Å². The zero-order chi connectivity index (χ0) is 14.8. The van der Waals surface area contributed by atoms with Gasteiger partial charge in [-0.15, -0.1) is 0 Å². The van der Waals surface area contributed by atoms with Gasteiger partial charge in [-0.3, -0.25) is 4.79 Å². The lowest BCUT2D eigenvalue weighted by Crippen LogP contribution is -2.32. The molecule has 1 saturated carbocycles. The number of carbonyl (C=O) groups is 1. The van der Waals surface area contributed by atoms with Crippen molar-refractivity contribution in [2.75, 3.05) is 0 Å². The molecule has 108 valence electrons. The topological polar surface area (TPSA) is 29.1 Å². The SMILES string of the molecule is CC1(C)CCC(NC(=O)/C=C/c2cc(Cl)ccc2Cl)C1. The standard InChI is InChI=1S/C16H19Cl2NO/c1-16(2)8-7-13(10-16)19-15(20)6-3-11-9-12(17)4-5-14(11)18/h3-6,9,13H,7-8,10H2,1-2H3,(H,19,20)/b6-3+. The van der Waals surface area contributed by atoms with E-state index in [2.05, 4.69) is 19.2 Å². The molecular weight excluding hydrogens is 293 g/mol. The van der Waals surface area contributed by atoms with Crippen molar-refractivity contribution < 1.29 is 4.79 Å². The lowest BCUT2D eigenvalue weighted by Gasteiger charge is -2.17. The van der Waals surface area contributed by atoms with E-state index in [1.807, 2.05) is 0 Å². The molecule has 0 radical (unpaired) electrons. The molecule has 1 atom stereocenters. The monoisotopic (exact) mass is 311 g/mol. The number of hydrogen-bond acceptors (Lipinski definition) is 1. The van der Waals surface area contributed by atoms with Gasteiger partial charge >= 0.3 is 0 Å². The predicted octanol–water partition coefficient (Wildman–Crippen LogP) is 4.70. The minimum atomic E-state index is -0.0799. The zero-order valence-electron chi connectivity index (χ0n) is 11.7. The van der Waals surface area contributed by atoms with E-state index in [-0.39, 0.29) is 11.9 Å². The zero-order valence-corrected chi connectivity index (χ0v) is 13.3. The van der Waals surface area contributed by atoms with Crippen molar-refractivity contribution in [1.82, 2.24) is 5.32 Å². The summed E-state index contributed by atoms with van der Waals surface area (Å²) in [7, 11) is 0. The van der Waals surface area contributed by atoms with Gasteiger partial charge in [0.15, 0.2) is 0 Å². The Morgan fingerprint density at radius 1 is 1.40 bits per heavy atom. The minimum absolute atomic E-state index is 0.0799. The molecule has 1 N–H and O–H groups in total. The molecule has 20 heavy (non-hydrogen) atoms. The third kappa shape index (κ3) is 4.26. The van der Waals surface area contributed by atoms with Crippen molar-refractivity contribution in [3.8, 4) is 0 Å². The number of rotatable bonds is 3. The Morgan fingerprint density at radius 2 is 2.15 bits per heavy atom. The van der Waals surface area contributed by atoms with Gasteiger partial charge in [-0.2, -0.15) is 0 Å². The molecule has 1 aromatic carbocycles. The summed E-state index contributed by atoms with van der Waals surface area (Å²) in [6.07, 6.45) is 6.45. The van der Waals surface area contributed by atoms with Crippen LogP contribution in [0.25, 0.3) is 6.08 Å². The summed E-state index contributed by atoms with van der Waals surface area (Å²) in [6.45, 7) is 4.47. The first-order valence-corrected chi connectivity index (χ1v) is 7.55. The fourth-order valence-electron chi connectivity index (χ4n) is 2.62. The van der Waals surface area contributed by atoms with Gasteiger partial charge in [-0.25, -0.2) is 0 Å². The second kappa shape index (κ2) is 6.19. The Bertz CT molecular complexity index is 537. The van der Waals surface area contributed by atoms with Gasteiger partial charge in [0.25, 0.3) is 0 Å². The largest absolute Gasteiger partial charge is 0.350 e. The summed E-state index contributed by atoms with van der Waals surface area (Å²) in [4.78, 5) is 11.9. The summed E-state index contributed by atoms with van der Waals surface area (Å²) in [5.74, 6) is -0.0799. The van der Waals surface area contributed by atoms with E-state index in [0.717, 1.165) is 24.8 Å². The maximum absolute atomic E-state index is 11.9. The van der Waals surface area contributed by atoms with E-state index in [0.29, 0.717) is 15.5 Å². The summed E-state index contributed by atoms with van der Waals surface area (Å²) in [5.41, 5.74) is 1.08. The molecule has 2 rings (SSSR count). The van der Waals surface area contributed by atoms with Crippen LogP contribution >= 0.6 is 23.2 Å². The number of amides is 1. The second-order valence-electron chi connectivity index (χ2n) is 6.11. The van der Waals surface area contributed by atoms with Crippen molar-refractivity contribution in [2.24, 2.45) is 5.41 Å². The average molecular weight is 312 g/mol. The highest BCUT2D eigenvalue weighted by Crippen LogP contribution is 2.36. The van der Waals surface area contributed by atoms with Crippen LogP contribution in [-0.2, 0) is 4.79 Å². The van der Waals surface area contributed by atoms with Crippen LogP contribution in [-0.4, -0.2) is 11.9 Å². The lowest BCUT2D eigenvalue weighted by atomic mass is 9.92. The van der Waals surface area contributed by atoms with Crippen LogP contribution in [0.3, 0.4) is 0 Å².